The van der Waals surface area contributed by atoms with Crippen LogP contribution in [-0.4, -0.2) is 53.9 Å². The van der Waals surface area contributed by atoms with Crippen LogP contribution >= 0.6 is 11.8 Å². The minimum absolute atomic E-state index is 0.0500. The van der Waals surface area contributed by atoms with Gasteiger partial charge in [0.2, 0.25) is 0 Å². The van der Waals surface area contributed by atoms with Gasteiger partial charge in [-0.05, 0) is 48.7 Å². The molecule has 0 saturated carbocycles. The largest absolute Gasteiger partial charge is 0.497 e. The highest BCUT2D eigenvalue weighted by Gasteiger charge is 2.13. The average molecular weight is 398 g/mol. The normalized spacial score (nSPS) is 10.5. The number of amides is 1. The summed E-state index contributed by atoms with van der Waals surface area (Å²) in [5.41, 5.74) is 1.54. The van der Waals surface area contributed by atoms with Crippen molar-refractivity contribution in [1.82, 2.24) is 14.5 Å². The van der Waals surface area contributed by atoms with Gasteiger partial charge in [0.05, 0.1) is 13.7 Å². The Morgan fingerprint density at radius 1 is 1.18 bits per heavy atom. The number of rotatable bonds is 8. The molecule has 3 rings (SSSR count). The lowest BCUT2D eigenvalue weighted by molar-refractivity contribution is 0.0773. The smallest absolute Gasteiger partial charge is 0.253 e. The number of ether oxygens (including phenoxy) is 2. The molecule has 1 aromatic heterocycles. The van der Waals surface area contributed by atoms with Crippen LogP contribution in [0.5, 0.6) is 11.5 Å². The highest BCUT2D eigenvalue weighted by atomic mass is 32.2. The van der Waals surface area contributed by atoms with Crippen LogP contribution in [0.2, 0.25) is 0 Å². The quantitative estimate of drug-likeness (QED) is 0.542. The molecule has 3 aromatic rings. The van der Waals surface area contributed by atoms with Crippen molar-refractivity contribution < 1.29 is 14.3 Å². The number of carbonyl (C=O) groups is 1. The van der Waals surface area contributed by atoms with Crippen LogP contribution in [0.4, 0.5) is 0 Å². The van der Waals surface area contributed by atoms with Crippen molar-refractivity contribution in [1.29, 1.82) is 0 Å². The second-order valence-corrected chi connectivity index (χ2v) is 6.86. The number of nitrogens with zero attached hydrogens (tertiary/aromatic N) is 3. The van der Waals surface area contributed by atoms with Crippen molar-refractivity contribution in [3.8, 4) is 17.2 Å². The van der Waals surface area contributed by atoms with Gasteiger partial charge in [0, 0.05) is 30.7 Å². The second-order valence-electron chi connectivity index (χ2n) is 6.08. The van der Waals surface area contributed by atoms with Crippen LogP contribution in [0.25, 0.3) is 5.69 Å². The summed E-state index contributed by atoms with van der Waals surface area (Å²) in [5.74, 6) is 1.47. The minimum Gasteiger partial charge on any atom is -0.497 e. The monoisotopic (exact) mass is 397 g/mol. The fraction of sp³-hybridized carbons (Fsp3) is 0.238. The van der Waals surface area contributed by atoms with Crippen LogP contribution in [0.1, 0.15) is 10.4 Å². The summed E-state index contributed by atoms with van der Waals surface area (Å²) < 4.78 is 12.8. The molecule has 0 bridgehead atoms. The maximum absolute atomic E-state index is 12.8. The lowest BCUT2D eigenvalue weighted by atomic mass is 10.1. The van der Waals surface area contributed by atoms with Crippen molar-refractivity contribution >= 4 is 17.7 Å². The Labute approximate surface area is 169 Å². The highest BCUT2D eigenvalue weighted by molar-refractivity contribution is 7.98. The lowest BCUT2D eigenvalue weighted by Gasteiger charge is -2.18. The average Bonchev–Trinajstić information content (AvgIpc) is 3.22. The molecule has 7 heteroatoms. The van der Waals surface area contributed by atoms with E-state index in [9.17, 15) is 4.79 Å². The summed E-state index contributed by atoms with van der Waals surface area (Å²) in [4.78, 5) is 18.7. The van der Waals surface area contributed by atoms with Gasteiger partial charge >= 0.3 is 0 Å². The molecule has 1 amide bonds. The number of carbonyl (C=O) groups excluding carboxylic acids is 1. The van der Waals surface area contributed by atoms with E-state index in [1.807, 2.05) is 65.6 Å². The van der Waals surface area contributed by atoms with Crippen molar-refractivity contribution in [3.63, 3.8) is 0 Å². The molecule has 0 saturated heterocycles. The van der Waals surface area contributed by atoms with E-state index in [2.05, 4.69) is 4.98 Å². The molecule has 0 aliphatic heterocycles. The van der Waals surface area contributed by atoms with Gasteiger partial charge in [0.15, 0.2) is 5.16 Å². The van der Waals surface area contributed by atoms with E-state index >= 15 is 0 Å². The Balaban J connectivity index is 1.60. The molecule has 0 spiro atoms. The molecule has 0 aliphatic carbocycles. The molecule has 0 fully saturated rings. The number of hydrogen-bond acceptors (Lipinski definition) is 5. The highest BCUT2D eigenvalue weighted by Crippen LogP contribution is 2.20. The SMILES string of the molecule is COc1ccc(OCCN(C)C(=O)c2cccc(-n3ccnc3SC)c2)cc1. The van der Waals surface area contributed by atoms with Crippen LogP contribution < -0.4 is 9.47 Å². The van der Waals surface area contributed by atoms with Gasteiger partial charge in [-0.2, -0.15) is 0 Å². The van der Waals surface area contributed by atoms with E-state index in [4.69, 9.17) is 9.47 Å². The van der Waals surface area contributed by atoms with E-state index in [1.165, 1.54) is 0 Å². The third-order valence-electron chi connectivity index (χ3n) is 4.26. The van der Waals surface area contributed by atoms with Crippen LogP contribution in [0.3, 0.4) is 0 Å². The van der Waals surface area contributed by atoms with Crippen molar-refractivity contribution in [2.24, 2.45) is 0 Å². The zero-order valence-corrected chi connectivity index (χ0v) is 17.0. The first-order valence-corrected chi connectivity index (χ1v) is 10.0. The lowest BCUT2D eigenvalue weighted by Crippen LogP contribution is -2.30. The van der Waals surface area contributed by atoms with Crippen LogP contribution in [0, 0.1) is 0 Å². The zero-order valence-electron chi connectivity index (χ0n) is 16.2. The topological polar surface area (TPSA) is 56.6 Å². The van der Waals surface area contributed by atoms with E-state index in [0.717, 1.165) is 22.3 Å². The minimum atomic E-state index is -0.0500. The zero-order chi connectivity index (χ0) is 19.9. The Kier molecular flexibility index (Phi) is 6.60. The molecule has 0 radical (unpaired) electrons. The predicted octanol–water partition coefficient (Wildman–Crippen LogP) is 3.75. The summed E-state index contributed by atoms with van der Waals surface area (Å²) in [7, 11) is 3.40. The van der Waals surface area contributed by atoms with Gasteiger partial charge in [-0.3, -0.25) is 9.36 Å². The van der Waals surface area contributed by atoms with E-state index in [-0.39, 0.29) is 5.91 Å². The first-order chi connectivity index (χ1) is 13.6. The molecule has 2 aromatic carbocycles. The number of likely N-dealkylation sites (N-methyl/N-ethyl adjacent to an activating group) is 1. The fourth-order valence-corrected chi connectivity index (χ4v) is 3.25. The molecule has 6 nitrogen and oxygen atoms in total. The fourth-order valence-electron chi connectivity index (χ4n) is 2.72. The Hall–Kier alpha value is -2.93. The van der Waals surface area contributed by atoms with Gasteiger partial charge in [0.25, 0.3) is 5.91 Å². The van der Waals surface area contributed by atoms with Gasteiger partial charge < -0.3 is 14.4 Å². The third-order valence-corrected chi connectivity index (χ3v) is 4.93. The maximum Gasteiger partial charge on any atom is 0.253 e. The van der Waals surface area contributed by atoms with Crippen molar-refractivity contribution in [3.05, 3.63) is 66.5 Å². The van der Waals surface area contributed by atoms with Gasteiger partial charge in [-0.25, -0.2) is 4.98 Å². The summed E-state index contributed by atoms with van der Waals surface area (Å²) >= 11 is 1.56. The number of thioether (sulfide) groups is 1. The second kappa shape index (κ2) is 9.32. The van der Waals surface area contributed by atoms with Crippen LogP contribution in [-0.2, 0) is 0 Å². The molecule has 0 atom stereocenters. The molecule has 28 heavy (non-hydrogen) atoms. The van der Waals surface area contributed by atoms with Crippen molar-refractivity contribution in [2.75, 3.05) is 33.6 Å². The summed E-state index contributed by atoms with van der Waals surface area (Å²) in [6.07, 6.45) is 5.62. The summed E-state index contributed by atoms with van der Waals surface area (Å²) in [5, 5.41) is 0.880. The first kappa shape index (κ1) is 19.8. The Morgan fingerprint density at radius 2 is 1.93 bits per heavy atom. The van der Waals surface area contributed by atoms with Gasteiger partial charge in [0.1, 0.15) is 18.1 Å². The van der Waals surface area contributed by atoms with E-state index in [0.29, 0.717) is 18.7 Å². The standard InChI is InChI=1S/C21H23N3O3S/c1-23(13-14-27-19-9-7-18(26-2)8-10-19)20(25)16-5-4-6-17(15-16)24-12-11-22-21(24)28-3/h4-12,15H,13-14H2,1-3H3. The molecule has 0 aliphatic rings. The molecular weight excluding hydrogens is 374 g/mol. The van der Waals surface area contributed by atoms with Gasteiger partial charge in [-0.15, -0.1) is 0 Å². The Morgan fingerprint density at radius 3 is 2.64 bits per heavy atom. The van der Waals surface area contributed by atoms with Crippen molar-refractivity contribution in [2.45, 2.75) is 5.16 Å². The van der Waals surface area contributed by atoms with E-state index in [1.54, 1.807) is 37.0 Å². The number of benzene rings is 2. The predicted molar refractivity (Wildman–Crippen MR) is 111 cm³/mol. The molecular formula is C21H23N3O3S. The number of imidazole rings is 1. The molecule has 0 N–H and O–H groups in total. The maximum atomic E-state index is 12.8. The molecule has 0 unspecified atom stereocenters. The summed E-state index contributed by atoms with van der Waals surface area (Å²) in [6, 6.07) is 14.9. The molecule has 146 valence electrons. The number of hydrogen-bond donors (Lipinski definition) is 0. The number of aromatic nitrogens is 2. The number of methoxy groups -OCH3 is 1. The molecule has 1 heterocycles. The van der Waals surface area contributed by atoms with Crippen LogP contribution in [0.15, 0.2) is 66.1 Å². The Bertz CT molecular complexity index is 925. The van der Waals surface area contributed by atoms with E-state index < -0.39 is 0 Å². The third kappa shape index (κ3) is 4.67. The summed E-state index contributed by atoms with van der Waals surface area (Å²) in [6.45, 7) is 0.891. The first-order valence-electron chi connectivity index (χ1n) is 8.82. The van der Waals surface area contributed by atoms with Gasteiger partial charge in [-0.1, -0.05) is 17.8 Å².